The first-order valence-corrected chi connectivity index (χ1v) is 7.95. The van der Waals surface area contributed by atoms with E-state index in [4.69, 9.17) is 9.47 Å². The summed E-state index contributed by atoms with van der Waals surface area (Å²) < 4.78 is 26.4. The number of aromatic nitrogens is 2. The van der Waals surface area contributed by atoms with E-state index in [0.717, 1.165) is 30.1 Å². The van der Waals surface area contributed by atoms with Crippen LogP contribution in [0.3, 0.4) is 0 Å². The van der Waals surface area contributed by atoms with Gasteiger partial charge in [-0.25, -0.2) is 9.37 Å². The molecule has 0 saturated carbocycles. The molecule has 4 rings (SSSR count). The Morgan fingerprint density at radius 2 is 2.09 bits per heavy atom. The molecule has 122 valence electrons. The van der Waals surface area contributed by atoms with Gasteiger partial charge in [-0.3, -0.25) is 0 Å². The Morgan fingerprint density at radius 3 is 2.78 bits per heavy atom. The van der Waals surface area contributed by atoms with Gasteiger partial charge in [-0.15, -0.1) is 0 Å². The van der Waals surface area contributed by atoms with Gasteiger partial charge in [0, 0.05) is 51.1 Å². The lowest BCUT2D eigenvalue weighted by molar-refractivity contribution is -0.102. The second kappa shape index (κ2) is 5.15. The molecule has 0 amide bonds. The Balaban J connectivity index is 1.60. The smallest absolute Gasteiger partial charge is 0.245 e. The summed E-state index contributed by atoms with van der Waals surface area (Å²) in [7, 11) is 0. The lowest BCUT2D eigenvalue weighted by Gasteiger charge is -2.30. The van der Waals surface area contributed by atoms with Gasteiger partial charge in [-0.2, -0.15) is 0 Å². The van der Waals surface area contributed by atoms with E-state index in [-0.39, 0.29) is 0 Å². The van der Waals surface area contributed by atoms with E-state index < -0.39 is 12.0 Å². The van der Waals surface area contributed by atoms with Crippen LogP contribution >= 0.6 is 0 Å². The van der Waals surface area contributed by atoms with E-state index in [1.807, 2.05) is 42.8 Å². The minimum Gasteiger partial charge on any atom is -0.457 e. The van der Waals surface area contributed by atoms with E-state index >= 15 is 0 Å². The van der Waals surface area contributed by atoms with Crippen LogP contribution in [0.2, 0.25) is 0 Å². The quantitative estimate of drug-likeness (QED) is 0.851. The molecule has 23 heavy (non-hydrogen) atoms. The van der Waals surface area contributed by atoms with Gasteiger partial charge >= 0.3 is 0 Å². The van der Waals surface area contributed by atoms with Crippen molar-refractivity contribution < 1.29 is 13.9 Å². The van der Waals surface area contributed by atoms with Crippen molar-refractivity contribution in [2.75, 3.05) is 18.0 Å². The number of ether oxygens (including phenoxy) is 2. The first-order chi connectivity index (χ1) is 11.0. The zero-order valence-electron chi connectivity index (χ0n) is 13.3. The van der Waals surface area contributed by atoms with E-state index in [1.54, 1.807) is 6.26 Å². The summed E-state index contributed by atoms with van der Waals surface area (Å²) in [4.78, 5) is 6.83. The summed E-state index contributed by atoms with van der Waals surface area (Å²) in [6.45, 7) is 5.22. The zero-order chi connectivity index (χ0) is 16.0. The second-order valence-electron chi connectivity index (χ2n) is 6.54. The molecule has 5 nitrogen and oxygen atoms in total. The molecule has 1 saturated heterocycles. The van der Waals surface area contributed by atoms with E-state index in [2.05, 4.69) is 9.88 Å². The largest absolute Gasteiger partial charge is 0.457 e. The highest BCUT2D eigenvalue weighted by Gasteiger charge is 2.29. The third kappa shape index (κ3) is 2.73. The number of halogens is 1. The van der Waals surface area contributed by atoms with Gasteiger partial charge in [0.05, 0.1) is 0 Å². The van der Waals surface area contributed by atoms with Crippen molar-refractivity contribution in [2.24, 2.45) is 0 Å². The first-order valence-electron chi connectivity index (χ1n) is 7.95. The number of fused-ring (bicyclic) bond motifs is 1. The second-order valence-corrected chi connectivity index (χ2v) is 6.54. The lowest BCUT2D eigenvalue weighted by Crippen LogP contribution is -2.34. The molecule has 4 heterocycles. The van der Waals surface area contributed by atoms with Crippen molar-refractivity contribution in [3.63, 3.8) is 0 Å². The molecule has 0 bridgehead atoms. The number of piperidine rings is 1. The minimum absolute atomic E-state index is 0.595. The number of nitrogens with zero attached hydrogens (tertiary/aromatic N) is 3. The molecular formula is C17H20FN3O2. The number of anilines is 1. The molecule has 0 atom stereocenters. The molecule has 2 aliphatic heterocycles. The maximum atomic E-state index is 13.3. The molecule has 0 unspecified atom stereocenters. The molecule has 2 aliphatic rings. The Labute approximate surface area is 134 Å². The van der Waals surface area contributed by atoms with Gasteiger partial charge in [-0.05, 0) is 18.9 Å². The van der Waals surface area contributed by atoms with Crippen molar-refractivity contribution in [3.05, 3.63) is 36.5 Å². The van der Waals surface area contributed by atoms with Crippen LogP contribution in [-0.2, 0) is 9.47 Å². The minimum atomic E-state index is -0.664. The van der Waals surface area contributed by atoms with Gasteiger partial charge in [0.25, 0.3) is 0 Å². The molecule has 0 radical (unpaired) electrons. The van der Waals surface area contributed by atoms with Crippen LogP contribution in [0.4, 0.5) is 10.1 Å². The standard InChI is InChI=1S/C17H20FN3O2/c1-17(2)22-11-15(23-17)14-10-21-8-5-13(9-16(21)19-14)20-6-3-12(18)4-7-20/h5,8-12H,3-4,6-7H2,1-2H3. The van der Waals surface area contributed by atoms with Crippen LogP contribution in [0.25, 0.3) is 11.4 Å². The first kappa shape index (κ1) is 14.4. The van der Waals surface area contributed by atoms with Crippen LogP contribution < -0.4 is 4.90 Å². The fourth-order valence-corrected chi connectivity index (χ4v) is 3.01. The van der Waals surface area contributed by atoms with Gasteiger partial charge in [0.15, 0.2) is 5.76 Å². The lowest BCUT2D eigenvalue weighted by atomic mass is 10.1. The predicted octanol–water partition coefficient (Wildman–Crippen LogP) is 3.35. The van der Waals surface area contributed by atoms with Gasteiger partial charge in [0.1, 0.15) is 23.8 Å². The van der Waals surface area contributed by atoms with Crippen LogP contribution in [0.5, 0.6) is 0 Å². The van der Waals surface area contributed by atoms with E-state index in [1.165, 1.54) is 0 Å². The Bertz CT molecular complexity index is 760. The highest BCUT2D eigenvalue weighted by molar-refractivity contribution is 5.63. The number of pyridine rings is 1. The number of hydrogen-bond acceptors (Lipinski definition) is 4. The number of alkyl halides is 1. The summed E-state index contributed by atoms with van der Waals surface area (Å²) in [6.07, 6.45) is 6.03. The van der Waals surface area contributed by atoms with Crippen molar-refractivity contribution in [1.82, 2.24) is 9.38 Å². The van der Waals surface area contributed by atoms with E-state index in [0.29, 0.717) is 18.6 Å². The Hall–Kier alpha value is -2.24. The average Bonchev–Trinajstić information content (AvgIpc) is 3.10. The third-order valence-electron chi connectivity index (χ3n) is 4.29. The van der Waals surface area contributed by atoms with Crippen molar-refractivity contribution in [1.29, 1.82) is 0 Å². The zero-order valence-corrected chi connectivity index (χ0v) is 13.3. The molecule has 1 fully saturated rings. The molecule has 0 aliphatic carbocycles. The van der Waals surface area contributed by atoms with Gasteiger partial charge in [0.2, 0.25) is 5.79 Å². The van der Waals surface area contributed by atoms with Crippen LogP contribution in [-0.4, -0.2) is 34.4 Å². The SMILES string of the molecule is CC1(C)OC=C(c2cn3ccc(N4CCC(F)CC4)cc3n2)O1. The average molecular weight is 317 g/mol. The molecule has 2 aromatic heterocycles. The monoisotopic (exact) mass is 317 g/mol. The topological polar surface area (TPSA) is 39.0 Å². The Kier molecular flexibility index (Phi) is 3.21. The molecule has 0 spiro atoms. The maximum absolute atomic E-state index is 13.3. The van der Waals surface area contributed by atoms with Gasteiger partial charge < -0.3 is 18.8 Å². The van der Waals surface area contributed by atoms with Crippen LogP contribution in [0.1, 0.15) is 32.4 Å². The number of hydrogen-bond donors (Lipinski definition) is 0. The number of rotatable bonds is 2. The van der Waals surface area contributed by atoms with Crippen LogP contribution in [0, 0.1) is 0 Å². The van der Waals surface area contributed by atoms with Crippen molar-refractivity contribution in [3.8, 4) is 0 Å². The normalized spacial score (nSPS) is 21.2. The summed E-state index contributed by atoms with van der Waals surface area (Å²) in [6, 6.07) is 4.07. The molecule has 2 aromatic rings. The third-order valence-corrected chi connectivity index (χ3v) is 4.29. The fraction of sp³-hybridized carbons (Fsp3) is 0.471. The predicted molar refractivity (Wildman–Crippen MR) is 85.8 cm³/mol. The van der Waals surface area contributed by atoms with Crippen molar-refractivity contribution >= 4 is 17.1 Å². The molecule has 0 N–H and O–H groups in total. The molecular weight excluding hydrogens is 297 g/mol. The van der Waals surface area contributed by atoms with Gasteiger partial charge in [-0.1, -0.05) is 0 Å². The highest BCUT2D eigenvalue weighted by atomic mass is 19.1. The fourth-order valence-electron chi connectivity index (χ4n) is 3.01. The number of imidazole rings is 1. The molecule has 0 aromatic carbocycles. The summed E-state index contributed by atoms with van der Waals surface area (Å²) in [5.41, 5.74) is 2.67. The van der Waals surface area contributed by atoms with E-state index in [9.17, 15) is 4.39 Å². The highest BCUT2D eigenvalue weighted by Crippen LogP contribution is 2.31. The van der Waals surface area contributed by atoms with Crippen molar-refractivity contribution in [2.45, 2.75) is 38.6 Å². The van der Waals surface area contributed by atoms with Crippen LogP contribution in [0.15, 0.2) is 30.8 Å². The molecule has 6 heteroatoms. The Morgan fingerprint density at radius 1 is 1.30 bits per heavy atom. The summed E-state index contributed by atoms with van der Waals surface area (Å²) >= 11 is 0. The maximum Gasteiger partial charge on any atom is 0.245 e. The summed E-state index contributed by atoms with van der Waals surface area (Å²) in [5.74, 6) is -0.00834. The summed E-state index contributed by atoms with van der Waals surface area (Å²) in [5, 5.41) is 0.